The minimum atomic E-state index is -0.350. The van der Waals surface area contributed by atoms with E-state index in [4.69, 9.17) is 4.74 Å². The first-order valence-corrected chi connectivity index (χ1v) is 10.2. The maximum absolute atomic E-state index is 13.5. The maximum atomic E-state index is 13.5. The highest BCUT2D eigenvalue weighted by molar-refractivity contribution is 5.83. The SMILES string of the molecule is O=C(CCNC(=O)C12CC3CC(CC(C3)C1)C2)OCCc1ccccc1F. The van der Waals surface area contributed by atoms with Crippen molar-refractivity contribution in [3.63, 3.8) is 0 Å². The highest BCUT2D eigenvalue weighted by Crippen LogP contribution is 2.60. The number of nitrogens with one attached hydrogen (secondary N) is 1. The molecule has 146 valence electrons. The van der Waals surface area contributed by atoms with E-state index in [1.807, 2.05) is 0 Å². The third-order valence-corrected chi connectivity index (χ3v) is 6.73. The average molecular weight is 373 g/mol. The van der Waals surface area contributed by atoms with Crippen LogP contribution in [0.4, 0.5) is 4.39 Å². The molecule has 1 aromatic rings. The minimum Gasteiger partial charge on any atom is -0.465 e. The Balaban J connectivity index is 1.18. The third kappa shape index (κ3) is 4.02. The Morgan fingerprint density at radius 1 is 1.07 bits per heavy atom. The predicted molar refractivity (Wildman–Crippen MR) is 99.3 cm³/mol. The van der Waals surface area contributed by atoms with Gasteiger partial charge in [-0.05, 0) is 67.9 Å². The van der Waals surface area contributed by atoms with E-state index < -0.39 is 0 Å². The molecular formula is C22H28FNO3. The van der Waals surface area contributed by atoms with E-state index >= 15 is 0 Å². The van der Waals surface area contributed by atoms with Crippen molar-refractivity contribution in [1.82, 2.24) is 5.32 Å². The standard InChI is InChI=1S/C22H28FNO3/c23-19-4-2-1-3-18(19)6-8-27-20(25)5-7-24-21(26)22-12-15-9-16(13-22)11-17(10-15)14-22/h1-4,15-17H,5-14H2,(H,24,26). The summed E-state index contributed by atoms with van der Waals surface area (Å²) in [6.45, 7) is 0.474. The van der Waals surface area contributed by atoms with Gasteiger partial charge in [-0.2, -0.15) is 0 Å². The van der Waals surface area contributed by atoms with Gasteiger partial charge < -0.3 is 10.1 Å². The number of amides is 1. The molecule has 4 saturated carbocycles. The number of benzene rings is 1. The van der Waals surface area contributed by atoms with Crippen LogP contribution in [0.5, 0.6) is 0 Å². The summed E-state index contributed by atoms with van der Waals surface area (Å²) in [7, 11) is 0. The van der Waals surface area contributed by atoms with Crippen LogP contribution in [0.3, 0.4) is 0 Å². The van der Waals surface area contributed by atoms with E-state index in [-0.39, 0.29) is 36.1 Å². The maximum Gasteiger partial charge on any atom is 0.307 e. The van der Waals surface area contributed by atoms with Gasteiger partial charge in [0.15, 0.2) is 0 Å². The first kappa shape index (κ1) is 18.5. The molecule has 0 aliphatic heterocycles. The van der Waals surface area contributed by atoms with Gasteiger partial charge in [0.2, 0.25) is 5.91 Å². The van der Waals surface area contributed by atoms with Gasteiger partial charge in [0.1, 0.15) is 5.82 Å². The molecule has 5 rings (SSSR count). The summed E-state index contributed by atoms with van der Waals surface area (Å²) in [4.78, 5) is 24.7. The minimum absolute atomic E-state index is 0.140. The molecule has 4 aliphatic carbocycles. The Bertz CT molecular complexity index is 682. The number of carbonyl (C=O) groups is 2. The summed E-state index contributed by atoms with van der Waals surface area (Å²) in [6, 6.07) is 6.49. The van der Waals surface area contributed by atoms with E-state index in [0.717, 1.165) is 37.0 Å². The summed E-state index contributed by atoms with van der Waals surface area (Å²) in [5.41, 5.74) is 0.365. The van der Waals surface area contributed by atoms with E-state index in [1.165, 1.54) is 25.3 Å². The van der Waals surface area contributed by atoms with Gasteiger partial charge in [-0.3, -0.25) is 9.59 Å². The molecule has 0 spiro atoms. The van der Waals surface area contributed by atoms with Crippen LogP contribution < -0.4 is 5.32 Å². The smallest absolute Gasteiger partial charge is 0.307 e. The van der Waals surface area contributed by atoms with Crippen molar-refractivity contribution in [3.8, 4) is 0 Å². The fourth-order valence-electron chi connectivity index (χ4n) is 5.90. The Morgan fingerprint density at radius 3 is 2.33 bits per heavy atom. The molecule has 4 nitrogen and oxygen atoms in total. The lowest BCUT2D eigenvalue weighted by Gasteiger charge is -2.55. The van der Waals surface area contributed by atoms with Crippen molar-refractivity contribution in [2.24, 2.45) is 23.2 Å². The van der Waals surface area contributed by atoms with Crippen molar-refractivity contribution < 1.29 is 18.7 Å². The normalized spacial score (nSPS) is 30.9. The van der Waals surface area contributed by atoms with Gasteiger partial charge in [-0.15, -0.1) is 0 Å². The van der Waals surface area contributed by atoms with Crippen LogP contribution in [0.15, 0.2) is 24.3 Å². The molecule has 4 fully saturated rings. The number of hydrogen-bond acceptors (Lipinski definition) is 3. The van der Waals surface area contributed by atoms with Crippen LogP contribution >= 0.6 is 0 Å². The summed E-state index contributed by atoms with van der Waals surface area (Å²) >= 11 is 0. The molecule has 0 aromatic heterocycles. The monoisotopic (exact) mass is 373 g/mol. The lowest BCUT2D eigenvalue weighted by molar-refractivity contribution is -0.147. The molecular weight excluding hydrogens is 345 g/mol. The van der Waals surface area contributed by atoms with Gasteiger partial charge in [-0.1, -0.05) is 18.2 Å². The molecule has 0 heterocycles. The zero-order valence-corrected chi connectivity index (χ0v) is 15.7. The molecule has 1 aromatic carbocycles. The number of carbonyl (C=O) groups excluding carboxylic acids is 2. The van der Waals surface area contributed by atoms with Crippen LogP contribution in [0.1, 0.15) is 50.5 Å². The topological polar surface area (TPSA) is 55.4 Å². The molecule has 1 N–H and O–H groups in total. The van der Waals surface area contributed by atoms with Crippen molar-refractivity contribution in [3.05, 3.63) is 35.6 Å². The Labute approximate surface area is 159 Å². The lowest BCUT2D eigenvalue weighted by atomic mass is 9.49. The highest BCUT2D eigenvalue weighted by Gasteiger charge is 2.54. The second kappa shape index (κ2) is 7.61. The molecule has 0 atom stereocenters. The molecule has 4 bridgehead atoms. The van der Waals surface area contributed by atoms with E-state index in [2.05, 4.69) is 5.32 Å². The zero-order chi connectivity index (χ0) is 18.9. The quantitative estimate of drug-likeness (QED) is 0.743. The summed E-state index contributed by atoms with van der Waals surface area (Å²) in [5, 5.41) is 2.99. The van der Waals surface area contributed by atoms with E-state index in [0.29, 0.717) is 18.5 Å². The average Bonchev–Trinajstić information content (AvgIpc) is 2.62. The highest BCUT2D eigenvalue weighted by atomic mass is 19.1. The molecule has 1 amide bonds. The van der Waals surface area contributed by atoms with Crippen molar-refractivity contribution >= 4 is 11.9 Å². The number of esters is 1. The summed E-state index contributed by atoms with van der Waals surface area (Å²) < 4.78 is 18.7. The van der Waals surface area contributed by atoms with Gasteiger partial charge in [0.05, 0.1) is 13.0 Å². The van der Waals surface area contributed by atoms with E-state index in [9.17, 15) is 14.0 Å². The summed E-state index contributed by atoms with van der Waals surface area (Å²) in [6.07, 6.45) is 7.52. The fourth-order valence-corrected chi connectivity index (χ4v) is 5.90. The van der Waals surface area contributed by atoms with Gasteiger partial charge in [0.25, 0.3) is 0 Å². The molecule has 27 heavy (non-hydrogen) atoms. The lowest BCUT2D eigenvalue weighted by Crippen LogP contribution is -2.53. The second-order valence-electron chi connectivity index (χ2n) is 8.77. The van der Waals surface area contributed by atoms with Crippen molar-refractivity contribution in [2.75, 3.05) is 13.2 Å². The first-order chi connectivity index (χ1) is 13.0. The van der Waals surface area contributed by atoms with Crippen LogP contribution in [0, 0.1) is 29.0 Å². The second-order valence-corrected chi connectivity index (χ2v) is 8.77. The zero-order valence-electron chi connectivity index (χ0n) is 15.7. The molecule has 4 aliphatic rings. The number of ether oxygens (including phenoxy) is 1. The molecule has 0 unspecified atom stereocenters. The third-order valence-electron chi connectivity index (χ3n) is 6.73. The largest absolute Gasteiger partial charge is 0.465 e. The molecule has 0 radical (unpaired) electrons. The van der Waals surface area contributed by atoms with Crippen LogP contribution in [-0.2, 0) is 20.7 Å². The number of halogens is 1. The van der Waals surface area contributed by atoms with Crippen LogP contribution in [-0.4, -0.2) is 25.0 Å². The van der Waals surface area contributed by atoms with Crippen LogP contribution in [0.25, 0.3) is 0 Å². The Morgan fingerprint density at radius 2 is 1.70 bits per heavy atom. The van der Waals surface area contributed by atoms with E-state index in [1.54, 1.807) is 18.2 Å². The Hall–Kier alpha value is -1.91. The van der Waals surface area contributed by atoms with Crippen molar-refractivity contribution in [2.45, 2.75) is 51.4 Å². The summed E-state index contributed by atoms with van der Waals surface area (Å²) in [5.74, 6) is 1.69. The molecule has 0 saturated heterocycles. The van der Waals surface area contributed by atoms with Gasteiger partial charge >= 0.3 is 5.97 Å². The Kier molecular flexibility index (Phi) is 5.20. The fraction of sp³-hybridized carbons (Fsp3) is 0.636. The predicted octanol–water partition coefficient (Wildman–Crippen LogP) is 3.63. The van der Waals surface area contributed by atoms with Crippen LogP contribution in [0.2, 0.25) is 0 Å². The van der Waals surface area contributed by atoms with Crippen molar-refractivity contribution in [1.29, 1.82) is 0 Å². The molecule has 5 heteroatoms. The number of hydrogen-bond donors (Lipinski definition) is 1. The van der Waals surface area contributed by atoms with Gasteiger partial charge in [0, 0.05) is 18.4 Å². The van der Waals surface area contributed by atoms with Gasteiger partial charge in [-0.25, -0.2) is 4.39 Å². The first-order valence-electron chi connectivity index (χ1n) is 10.2. The number of rotatable bonds is 7.